The van der Waals surface area contributed by atoms with E-state index >= 15 is 0 Å². The van der Waals surface area contributed by atoms with Gasteiger partial charge in [-0.2, -0.15) is 0 Å². The number of carboxylic acid groups (broad SMARTS) is 1. The van der Waals surface area contributed by atoms with E-state index in [2.05, 4.69) is 17.2 Å². The number of hydrogen-bond donors (Lipinski definition) is 2. The molecule has 0 aliphatic carbocycles. The number of nitrogens with zero attached hydrogens (tertiary/aromatic N) is 2. The minimum Gasteiger partial charge on any atom is -0.491 e. The van der Waals surface area contributed by atoms with Gasteiger partial charge >= 0.3 is 6.09 Å². The minimum absolute atomic E-state index is 0.166. The van der Waals surface area contributed by atoms with Crippen LogP contribution in [0, 0.1) is 0 Å². The van der Waals surface area contributed by atoms with E-state index < -0.39 is 6.09 Å². The second-order valence-electron chi connectivity index (χ2n) is 5.58. The van der Waals surface area contributed by atoms with E-state index in [1.165, 1.54) is 0 Å². The number of fused-ring (bicyclic) bond motifs is 1. The standard InChI is InChI=1S/C18H19N3O3/c1-3-12(2)24-15-8-9-17-16(10-15)19-11-21(17)14-6-4-13(5-7-14)20-18(22)23/h4-12,20H,3H2,1-2H3,(H,22,23). The Kier molecular flexibility index (Phi) is 4.37. The highest BCUT2D eigenvalue weighted by atomic mass is 16.5. The molecule has 2 N–H and O–H groups in total. The molecule has 0 aliphatic heterocycles. The number of nitrogens with one attached hydrogen (secondary N) is 1. The van der Waals surface area contributed by atoms with Gasteiger partial charge in [-0.15, -0.1) is 0 Å². The van der Waals surface area contributed by atoms with Gasteiger partial charge in [0.15, 0.2) is 0 Å². The molecule has 0 bridgehead atoms. The average Bonchev–Trinajstić information content (AvgIpc) is 2.98. The van der Waals surface area contributed by atoms with Crippen molar-refractivity contribution in [2.75, 3.05) is 5.32 Å². The summed E-state index contributed by atoms with van der Waals surface area (Å²) in [4.78, 5) is 15.1. The molecule has 1 aromatic heterocycles. The van der Waals surface area contributed by atoms with Crippen LogP contribution in [0.1, 0.15) is 20.3 Å². The Morgan fingerprint density at radius 3 is 2.71 bits per heavy atom. The molecule has 6 nitrogen and oxygen atoms in total. The zero-order valence-corrected chi connectivity index (χ0v) is 13.6. The fraction of sp³-hybridized carbons (Fsp3) is 0.222. The lowest BCUT2D eigenvalue weighted by atomic mass is 10.2. The highest BCUT2D eigenvalue weighted by Crippen LogP contribution is 2.24. The maximum atomic E-state index is 10.6. The van der Waals surface area contributed by atoms with Crippen molar-refractivity contribution in [1.82, 2.24) is 9.55 Å². The van der Waals surface area contributed by atoms with Crippen molar-refractivity contribution in [2.45, 2.75) is 26.4 Å². The van der Waals surface area contributed by atoms with Crippen LogP contribution in [0.15, 0.2) is 48.8 Å². The Bertz CT molecular complexity index is 856. The Hall–Kier alpha value is -3.02. The second kappa shape index (κ2) is 6.62. The molecule has 0 saturated carbocycles. The molecule has 24 heavy (non-hydrogen) atoms. The Balaban J connectivity index is 1.88. The smallest absolute Gasteiger partial charge is 0.409 e. The van der Waals surface area contributed by atoms with Gasteiger partial charge in [-0.1, -0.05) is 6.92 Å². The van der Waals surface area contributed by atoms with Crippen LogP contribution < -0.4 is 10.1 Å². The molecule has 1 atom stereocenters. The normalized spacial score (nSPS) is 12.1. The van der Waals surface area contributed by atoms with Gasteiger partial charge in [0.05, 0.1) is 17.1 Å². The lowest BCUT2D eigenvalue weighted by Gasteiger charge is -2.12. The third-order valence-corrected chi connectivity index (χ3v) is 3.83. The summed E-state index contributed by atoms with van der Waals surface area (Å²) >= 11 is 0. The van der Waals surface area contributed by atoms with E-state index in [4.69, 9.17) is 9.84 Å². The lowest BCUT2D eigenvalue weighted by molar-refractivity contribution is 0.209. The molecule has 0 aliphatic rings. The van der Waals surface area contributed by atoms with Crippen molar-refractivity contribution in [2.24, 2.45) is 0 Å². The quantitative estimate of drug-likeness (QED) is 0.733. The summed E-state index contributed by atoms with van der Waals surface area (Å²) in [5.41, 5.74) is 3.25. The van der Waals surface area contributed by atoms with Crippen molar-refractivity contribution in [3.8, 4) is 11.4 Å². The minimum atomic E-state index is -1.08. The first-order valence-corrected chi connectivity index (χ1v) is 7.81. The van der Waals surface area contributed by atoms with E-state index in [0.717, 1.165) is 28.9 Å². The number of rotatable bonds is 5. The van der Waals surface area contributed by atoms with Crippen molar-refractivity contribution < 1.29 is 14.6 Å². The zero-order chi connectivity index (χ0) is 17.1. The molecule has 124 valence electrons. The molecular weight excluding hydrogens is 306 g/mol. The topological polar surface area (TPSA) is 76.4 Å². The van der Waals surface area contributed by atoms with E-state index in [-0.39, 0.29) is 6.10 Å². The van der Waals surface area contributed by atoms with Gasteiger partial charge < -0.3 is 9.84 Å². The summed E-state index contributed by atoms with van der Waals surface area (Å²) in [6.07, 6.45) is 1.78. The van der Waals surface area contributed by atoms with Crippen LogP contribution in [0.3, 0.4) is 0 Å². The maximum Gasteiger partial charge on any atom is 0.409 e. The van der Waals surface area contributed by atoms with Gasteiger partial charge in [-0.05, 0) is 49.7 Å². The first kappa shape index (κ1) is 15.9. The van der Waals surface area contributed by atoms with Gasteiger partial charge in [0.1, 0.15) is 12.1 Å². The molecule has 0 fully saturated rings. The summed E-state index contributed by atoms with van der Waals surface area (Å²) in [5.74, 6) is 0.808. The van der Waals surface area contributed by atoms with E-state index in [1.54, 1.807) is 18.5 Å². The maximum absolute atomic E-state index is 10.6. The number of imidazole rings is 1. The number of aromatic nitrogens is 2. The van der Waals surface area contributed by atoms with E-state index in [0.29, 0.717) is 5.69 Å². The largest absolute Gasteiger partial charge is 0.491 e. The van der Waals surface area contributed by atoms with Crippen LogP contribution in [0.25, 0.3) is 16.7 Å². The zero-order valence-electron chi connectivity index (χ0n) is 13.6. The molecule has 0 saturated heterocycles. The molecule has 1 unspecified atom stereocenters. The molecule has 1 heterocycles. The molecule has 0 spiro atoms. The summed E-state index contributed by atoms with van der Waals surface area (Å²) in [6, 6.07) is 13.0. The van der Waals surface area contributed by atoms with Gasteiger partial charge in [0.2, 0.25) is 0 Å². The molecule has 2 aromatic carbocycles. The third kappa shape index (κ3) is 3.32. The van der Waals surface area contributed by atoms with Crippen LogP contribution in [0.2, 0.25) is 0 Å². The number of amides is 1. The second-order valence-corrected chi connectivity index (χ2v) is 5.58. The fourth-order valence-electron chi connectivity index (χ4n) is 2.42. The molecule has 6 heteroatoms. The average molecular weight is 325 g/mol. The number of hydrogen-bond acceptors (Lipinski definition) is 3. The molecular formula is C18H19N3O3. The Labute approximate surface area is 139 Å². The number of ether oxygens (including phenoxy) is 1. The first-order chi connectivity index (χ1) is 11.6. The number of anilines is 1. The monoisotopic (exact) mass is 325 g/mol. The summed E-state index contributed by atoms with van der Waals surface area (Å²) < 4.78 is 7.78. The van der Waals surface area contributed by atoms with Crippen LogP contribution >= 0.6 is 0 Å². The summed E-state index contributed by atoms with van der Waals surface area (Å²) in [6.45, 7) is 4.12. The van der Waals surface area contributed by atoms with Gasteiger partial charge in [0.25, 0.3) is 0 Å². The molecule has 3 rings (SSSR count). The highest BCUT2D eigenvalue weighted by Gasteiger charge is 2.08. The van der Waals surface area contributed by atoms with Crippen LogP contribution in [0.5, 0.6) is 5.75 Å². The fourth-order valence-corrected chi connectivity index (χ4v) is 2.42. The van der Waals surface area contributed by atoms with E-state index in [1.807, 2.05) is 41.8 Å². The van der Waals surface area contributed by atoms with Crippen LogP contribution in [-0.2, 0) is 0 Å². The van der Waals surface area contributed by atoms with Gasteiger partial charge in [0, 0.05) is 17.4 Å². The van der Waals surface area contributed by atoms with Gasteiger partial charge in [-0.25, -0.2) is 9.78 Å². The third-order valence-electron chi connectivity index (χ3n) is 3.83. The van der Waals surface area contributed by atoms with Gasteiger partial charge in [-0.3, -0.25) is 9.88 Å². The summed E-state index contributed by atoms with van der Waals surface area (Å²) in [7, 11) is 0. The van der Waals surface area contributed by atoms with Crippen LogP contribution in [0.4, 0.5) is 10.5 Å². The van der Waals surface area contributed by atoms with Crippen molar-refractivity contribution >= 4 is 22.8 Å². The van der Waals surface area contributed by atoms with Crippen molar-refractivity contribution in [3.05, 3.63) is 48.8 Å². The summed E-state index contributed by atoms with van der Waals surface area (Å²) in [5, 5.41) is 11.1. The predicted octanol–water partition coefficient (Wildman–Crippen LogP) is 4.29. The van der Waals surface area contributed by atoms with Crippen LogP contribution in [-0.4, -0.2) is 26.9 Å². The lowest BCUT2D eigenvalue weighted by Crippen LogP contribution is -2.09. The number of carbonyl (C=O) groups is 1. The van der Waals surface area contributed by atoms with Crippen molar-refractivity contribution in [3.63, 3.8) is 0 Å². The Morgan fingerprint density at radius 1 is 1.29 bits per heavy atom. The first-order valence-electron chi connectivity index (χ1n) is 7.81. The predicted molar refractivity (Wildman–Crippen MR) is 93.1 cm³/mol. The van der Waals surface area contributed by atoms with Crippen molar-refractivity contribution in [1.29, 1.82) is 0 Å². The molecule has 1 amide bonds. The highest BCUT2D eigenvalue weighted by molar-refractivity contribution is 5.83. The molecule has 3 aromatic rings. The molecule has 0 radical (unpaired) electrons. The SMILES string of the molecule is CCC(C)Oc1ccc2c(c1)ncn2-c1ccc(NC(=O)O)cc1. The number of benzene rings is 2. The Morgan fingerprint density at radius 2 is 2.04 bits per heavy atom. The van der Waals surface area contributed by atoms with E-state index in [9.17, 15) is 4.79 Å².